The molecule has 2 aromatic carbocycles. The largest absolute Gasteiger partial charge is 0.492 e. The van der Waals surface area contributed by atoms with Gasteiger partial charge in [0.1, 0.15) is 17.9 Å². The van der Waals surface area contributed by atoms with E-state index in [0.29, 0.717) is 13.2 Å². The molecule has 2 N–H and O–H groups in total. The van der Waals surface area contributed by atoms with Gasteiger partial charge in [0.15, 0.2) is 5.82 Å². The number of nitrogens with zero attached hydrogens (tertiary/aromatic N) is 6. The molecule has 3 heterocycles. The number of pyridine rings is 1. The van der Waals surface area contributed by atoms with Crippen LogP contribution in [0.4, 0.5) is 11.5 Å². The average Bonchev–Trinajstić information content (AvgIpc) is 3.44. The minimum Gasteiger partial charge on any atom is -0.492 e. The van der Waals surface area contributed by atoms with Crippen LogP contribution in [-0.2, 0) is 7.05 Å². The summed E-state index contributed by atoms with van der Waals surface area (Å²) in [7, 11) is 3.95. The molecule has 0 radical (unpaired) electrons. The molecular formula is C28H33N7O2. The molecule has 9 heteroatoms. The smallest absolute Gasteiger partial charge is 0.163 e. The Morgan fingerprint density at radius 2 is 1.86 bits per heavy atom. The van der Waals surface area contributed by atoms with Crippen LogP contribution in [0.1, 0.15) is 26.3 Å². The number of hydrogen-bond acceptors (Lipinski definition) is 8. The van der Waals surface area contributed by atoms with Crippen molar-refractivity contribution in [3.63, 3.8) is 0 Å². The topological polar surface area (TPSA) is 91.6 Å². The Bertz CT molecular complexity index is 1450. The molecule has 0 bridgehead atoms. The Hall–Kier alpha value is -3.95. The second-order valence-corrected chi connectivity index (χ2v) is 10.0. The summed E-state index contributed by atoms with van der Waals surface area (Å²) in [4.78, 5) is 4.63. The van der Waals surface area contributed by atoms with Crippen LogP contribution < -0.4 is 10.1 Å². The van der Waals surface area contributed by atoms with Gasteiger partial charge in [-0.05, 0) is 67.6 Å². The maximum atomic E-state index is 10.2. The zero-order valence-corrected chi connectivity index (χ0v) is 21.9. The van der Waals surface area contributed by atoms with Crippen LogP contribution in [0.25, 0.3) is 27.7 Å². The summed E-state index contributed by atoms with van der Waals surface area (Å²) >= 11 is 0. The maximum Gasteiger partial charge on any atom is 0.163 e. The molecule has 4 aromatic rings. The molecule has 37 heavy (non-hydrogen) atoms. The number of rotatable bonds is 8. The number of hydrogen-bond donors (Lipinski definition) is 2. The van der Waals surface area contributed by atoms with Crippen LogP contribution in [-0.4, -0.2) is 67.2 Å². The summed E-state index contributed by atoms with van der Waals surface area (Å²) in [6.45, 7) is 7.48. The summed E-state index contributed by atoms with van der Waals surface area (Å²) in [6, 6.07) is 14.4. The first-order chi connectivity index (χ1) is 17.7. The standard InChI is InChI=1S/C28H33N7O2/c1-6-37-25-12-20(27-32-30-18-33(27)4)9-10-24(25)31-26-13-22-11-19(7-8-21(22)14-29-26)23-15-34(5)35(16-23)17-28(2,3)36/h7-14,16,18,36H,6,15,17H2,1-5H3,(H,29,31). The van der Waals surface area contributed by atoms with Crippen molar-refractivity contribution >= 4 is 27.9 Å². The van der Waals surface area contributed by atoms with Crippen molar-refractivity contribution < 1.29 is 9.84 Å². The van der Waals surface area contributed by atoms with E-state index < -0.39 is 5.60 Å². The van der Waals surface area contributed by atoms with E-state index in [1.807, 2.05) is 63.8 Å². The van der Waals surface area contributed by atoms with Gasteiger partial charge in [-0.15, -0.1) is 10.2 Å². The number of nitrogens with one attached hydrogen (secondary N) is 1. The molecule has 0 fully saturated rings. The number of ether oxygens (including phenoxy) is 1. The third-order valence-electron chi connectivity index (χ3n) is 6.30. The number of β-amino-alcohol motifs (C(OH)–C–C–N with tert-alkyl or cyclic N) is 1. The van der Waals surface area contributed by atoms with E-state index >= 15 is 0 Å². The number of fused-ring (bicyclic) bond motifs is 1. The summed E-state index contributed by atoms with van der Waals surface area (Å²) in [5.74, 6) is 2.24. The third-order valence-corrected chi connectivity index (χ3v) is 6.30. The van der Waals surface area contributed by atoms with Gasteiger partial charge in [-0.1, -0.05) is 12.1 Å². The lowest BCUT2D eigenvalue weighted by molar-refractivity contribution is -0.0151. The highest BCUT2D eigenvalue weighted by Crippen LogP contribution is 2.33. The average molecular weight is 500 g/mol. The predicted octanol–water partition coefficient (Wildman–Crippen LogP) is 4.45. The Balaban J connectivity index is 1.42. The van der Waals surface area contributed by atoms with Crippen LogP contribution in [0.15, 0.2) is 61.2 Å². The fourth-order valence-corrected chi connectivity index (χ4v) is 4.52. The Morgan fingerprint density at radius 1 is 1.05 bits per heavy atom. The number of aliphatic hydroxyl groups is 1. The van der Waals surface area contributed by atoms with Crippen LogP contribution in [0.3, 0.4) is 0 Å². The molecule has 0 aliphatic carbocycles. The number of hydrazine groups is 1. The minimum absolute atomic E-state index is 0.538. The SMILES string of the molecule is CCOc1cc(-c2nncn2C)ccc1Nc1cc2cc(C3=CN(CC(C)(C)O)N(C)C3)ccc2cn1. The Morgan fingerprint density at radius 3 is 2.59 bits per heavy atom. The monoisotopic (exact) mass is 499 g/mol. The summed E-state index contributed by atoms with van der Waals surface area (Å²) in [5, 5.41) is 28.2. The summed E-state index contributed by atoms with van der Waals surface area (Å²) in [5.41, 5.74) is 3.34. The van der Waals surface area contributed by atoms with Crippen molar-refractivity contribution in [3.05, 3.63) is 66.8 Å². The first kappa shape index (κ1) is 24.7. The van der Waals surface area contributed by atoms with Gasteiger partial charge in [-0.3, -0.25) is 0 Å². The van der Waals surface area contributed by atoms with Crippen molar-refractivity contribution in [2.45, 2.75) is 26.4 Å². The Labute approximate surface area is 217 Å². The number of anilines is 2. The molecule has 0 amide bonds. The predicted molar refractivity (Wildman–Crippen MR) is 146 cm³/mol. The van der Waals surface area contributed by atoms with Crippen LogP contribution >= 0.6 is 0 Å². The highest BCUT2D eigenvalue weighted by Gasteiger charge is 2.25. The third kappa shape index (κ3) is 5.42. The molecule has 0 spiro atoms. The van der Waals surface area contributed by atoms with Crippen molar-refractivity contribution in [3.8, 4) is 17.1 Å². The fourth-order valence-electron chi connectivity index (χ4n) is 4.52. The van der Waals surface area contributed by atoms with Crippen molar-refractivity contribution in [2.24, 2.45) is 7.05 Å². The fraction of sp³-hybridized carbons (Fsp3) is 0.321. The highest BCUT2D eigenvalue weighted by molar-refractivity contribution is 5.88. The Kier molecular flexibility index (Phi) is 6.57. The summed E-state index contributed by atoms with van der Waals surface area (Å²) < 4.78 is 7.81. The summed E-state index contributed by atoms with van der Waals surface area (Å²) in [6.07, 6.45) is 5.68. The van der Waals surface area contributed by atoms with Crippen molar-refractivity contribution in [2.75, 3.05) is 32.1 Å². The van der Waals surface area contributed by atoms with Crippen LogP contribution in [0.5, 0.6) is 5.75 Å². The quantitative estimate of drug-likeness (QED) is 0.368. The molecule has 5 rings (SSSR count). The van der Waals surface area contributed by atoms with E-state index in [0.717, 1.165) is 51.5 Å². The van der Waals surface area contributed by atoms with Gasteiger partial charge in [0.25, 0.3) is 0 Å². The maximum absolute atomic E-state index is 10.2. The van der Waals surface area contributed by atoms with E-state index in [9.17, 15) is 5.11 Å². The van der Waals surface area contributed by atoms with Gasteiger partial charge >= 0.3 is 0 Å². The zero-order chi connectivity index (χ0) is 26.2. The van der Waals surface area contributed by atoms with Crippen molar-refractivity contribution in [1.29, 1.82) is 0 Å². The van der Waals surface area contributed by atoms with E-state index in [2.05, 4.69) is 61.0 Å². The normalized spacial score (nSPS) is 14.3. The second kappa shape index (κ2) is 9.84. The first-order valence-corrected chi connectivity index (χ1v) is 12.4. The van der Waals surface area contributed by atoms with Gasteiger partial charge in [0.2, 0.25) is 0 Å². The lowest BCUT2D eigenvalue weighted by atomic mass is 10.0. The molecule has 0 saturated carbocycles. The molecule has 0 unspecified atom stereocenters. The van der Waals surface area contributed by atoms with Gasteiger partial charge in [0.05, 0.1) is 24.4 Å². The number of aromatic nitrogens is 4. The van der Waals surface area contributed by atoms with Crippen molar-refractivity contribution in [1.82, 2.24) is 29.8 Å². The minimum atomic E-state index is -0.775. The molecule has 0 saturated heterocycles. The van der Waals surface area contributed by atoms with Gasteiger partial charge < -0.3 is 24.7 Å². The van der Waals surface area contributed by atoms with Gasteiger partial charge in [0, 0.05) is 44.0 Å². The highest BCUT2D eigenvalue weighted by atomic mass is 16.5. The molecular weight excluding hydrogens is 466 g/mol. The van der Waals surface area contributed by atoms with E-state index in [4.69, 9.17) is 4.74 Å². The van der Waals surface area contributed by atoms with E-state index in [-0.39, 0.29) is 0 Å². The number of benzene rings is 2. The van der Waals surface area contributed by atoms with E-state index in [1.54, 1.807) is 6.33 Å². The lowest BCUT2D eigenvalue weighted by Crippen LogP contribution is -2.41. The van der Waals surface area contributed by atoms with E-state index in [1.165, 1.54) is 5.57 Å². The first-order valence-electron chi connectivity index (χ1n) is 12.4. The van der Waals surface area contributed by atoms with Gasteiger partial charge in [-0.2, -0.15) is 0 Å². The second-order valence-electron chi connectivity index (χ2n) is 10.0. The molecule has 1 aliphatic rings. The lowest BCUT2D eigenvalue weighted by Gasteiger charge is -2.30. The van der Waals surface area contributed by atoms with Crippen LogP contribution in [0.2, 0.25) is 0 Å². The molecule has 1 aliphatic heterocycles. The number of aryl methyl sites for hydroxylation is 1. The zero-order valence-electron chi connectivity index (χ0n) is 21.9. The molecule has 9 nitrogen and oxygen atoms in total. The van der Waals surface area contributed by atoms with Gasteiger partial charge in [-0.25, -0.2) is 9.99 Å². The van der Waals surface area contributed by atoms with Crippen LogP contribution in [0, 0.1) is 0 Å². The molecule has 0 atom stereocenters. The molecule has 192 valence electrons. The molecule has 2 aromatic heterocycles. The number of likely N-dealkylation sites (N-methyl/N-ethyl adjacent to an activating group) is 1.